The predicted octanol–water partition coefficient (Wildman–Crippen LogP) is 4.71. The lowest BCUT2D eigenvalue weighted by Gasteiger charge is -2.21. The first-order chi connectivity index (χ1) is 7.42. The van der Waals surface area contributed by atoms with Crippen LogP contribution in [0.5, 0.6) is 0 Å². The Bertz CT molecular complexity index is 337. The van der Waals surface area contributed by atoms with Gasteiger partial charge in [-0.1, -0.05) is 37.3 Å². The second-order valence-corrected chi connectivity index (χ2v) is 4.34. The summed E-state index contributed by atoms with van der Waals surface area (Å²) in [7, 11) is 0. The van der Waals surface area contributed by atoms with Crippen molar-refractivity contribution in [3.8, 4) is 0 Å². The zero-order valence-corrected chi connectivity index (χ0v) is 9.63. The average Bonchev–Trinajstić information content (AvgIpc) is 2.31. The molecule has 0 heteroatoms. The molecule has 0 aromatic heterocycles. The van der Waals surface area contributed by atoms with Gasteiger partial charge < -0.3 is 0 Å². The van der Waals surface area contributed by atoms with E-state index in [0.29, 0.717) is 0 Å². The van der Waals surface area contributed by atoms with Crippen molar-refractivity contribution in [2.75, 3.05) is 0 Å². The van der Waals surface area contributed by atoms with Crippen molar-refractivity contribution < 1.29 is 0 Å². The molecule has 80 valence electrons. The van der Waals surface area contributed by atoms with Crippen LogP contribution in [0.15, 0.2) is 47.1 Å². The van der Waals surface area contributed by atoms with E-state index in [1.165, 1.54) is 32.1 Å². The third-order valence-electron chi connectivity index (χ3n) is 3.23. The Kier molecular flexibility index (Phi) is 3.60. The van der Waals surface area contributed by atoms with Crippen molar-refractivity contribution >= 4 is 0 Å². The molecule has 0 aliphatic heterocycles. The van der Waals surface area contributed by atoms with E-state index in [-0.39, 0.29) is 0 Å². The summed E-state index contributed by atoms with van der Waals surface area (Å²) in [6, 6.07) is 0. The van der Waals surface area contributed by atoms with Gasteiger partial charge >= 0.3 is 0 Å². The monoisotopic (exact) mass is 200 g/mol. The van der Waals surface area contributed by atoms with Gasteiger partial charge in [-0.05, 0) is 55.2 Å². The van der Waals surface area contributed by atoms with Gasteiger partial charge in [0.25, 0.3) is 0 Å². The van der Waals surface area contributed by atoms with E-state index in [9.17, 15) is 0 Å². The van der Waals surface area contributed by atoms with E-state index < -0.39 is 0 Å². The highest BCUT2D eigenvalue weighted by Gasteiger charge is 2.14. The number of rotatable bonds is 1. The molecule has 0 atom stereocenters. The van der Waals surface area contributed by atoms with Crippen molar-refractivity contribution in [3.63, 3.8) is 0 Å². The van der Waals surface area contributed by atoms with Crippen LogP contribution in [0.3, 0.4) is 0 Å². The Morgan fingerprint density at radius 2 is 2.07 bits per heavy atom. The molecule has 0 bridgehead atoms. The van der Waals surface area contributed by atoms with Gasteiger partial charge in [0.1, 0.15) is 0 Å². The van der Waals surface area contributed by atoms with Gasteiger partial charge in [-0.15, -0.1) is 0 Å². The van der Waals surface area contributed by atoms with Crippen molar-refractivity contribution in [3.05, 3.63) is 47.1 Å². The molecule has 0 spiro atoms. The van der Waals surface area contributed by atoms with Gasteiger partial charge in [0.15, 0.2) is 0 Å². The zero-order chi connectivity index (χ0) is 10.5. The quantitative estimate of drug-likeness (QED) is 0.575. The highest BCUT2D eigenvalue weighted by atomic mass is 14.2. The van der Waals surface area contributed by atoms with Gasteiger partial charge in [-0.3, -0.25) is 0 Å². The maximum absolute atomic E-state index is 2.42. The SMILES string of the molecule is CCC=C1CCCCC1=C1C=CC=CC1. The van der Waals surface area contributed by atoms with Gasteiger partial charge in [0, 0.05) is 0 Å². The fourth-order valence-electron chi connectivity index (χ4n) is 2.50. The molecule has 0 unspecified atom stereocenters. The minimum Gasteiger partial charge on any atom is -0.0813 e. The van der Waals surface area contributed by atoms with Crippen molar-refractivity contribution in [2.45, 2.75) is 45.4 Å². The number of allylic oxidation sites excluding steroid dienone is 8. The molecule has 1 saturated carbocycles. The summed E-state index contributed by atoms with van der Waals surface area (Å²) in [6.45, 7) is 2.24. The summed E-state index contributed by atoms with van der Waals surface area (Å²) < 4.78 is 0. The Hall–Kier alpha value is -1.04. The van der Waals surface area contributed by atoms with E-state index >= 15 is 0 Å². The lowest BCUT2D eigenvalue weighted by Crippen LogP contribution is -2.02. The smallest absolute Gasteiger partial charge is 0.00915 e. The molecule has 0 saturated heterocycles. The molecule has 0 heterocycles. The Morgan fingerprint density at radius 3 is 2.80 bits per heavy atom. The number of hydrogen-bond donors (Lipinski definition) is 0. The average molecular weight is 200 g/mol. The van der Waals surface area contributed by atoms with E-state index in [0.717, 1.165) is 6.42 Å². The summed E-state index contributed by atoms with van der Waals surface area (Å²) in [5, 5.41) is 0. The first-order valence-electron chi connectivity index (χ1n) is 6.16. The molecule has 0 N–H and O–H groups in total. The molecular weight excluding hydrogens is 180 g/mol. The van der Waals surface area contributed by atoms with Crippen LogP contribution in [-0.4, -0.2) is 0 Å². The Labute approximate surface area is 93.1 Å². The first-order valence-corrected chi connectivity index (χ1v) is 6.16. The zero-order valence-electron chi connectivity index (χ0n) is 9.63. The van der Waals surface area contributed by atoms with Crippen LogP contribution in [-0.2, 0) is 0 Å². The van der Waals surface area contributed by atoms with Crippen LogP contribution in [0, 0.1) is 0 Å². The summed E-state index contributed by atoms with van der Waals surface area (Å²) >= 11 is 0. The topological polar surface area (TPSA) is 0 Å². The highest BCUT2D eigenvalue weighted by molar-refractivity contribution is 5.44. The van der Waals surface area contributed by atoms with E-state index in [2.05, 4.69) is 37.3 Å². The molecule has 0 nitrogen and oxygen atoms in total. The second kappa shape index (κ2) is 5.16. The van der Waals surface area contributed by atoms with E-state index in [1.807, 2.05) is 0 Å². The van der Waals surface area contributed by atoms with Gasteiger partial charge in [-0.2, -0.15) is 0 Å². The van der Waals surface area contributed by atoms with Crippen LogP contribution < -0.4 is 0 Å². The van der Waals surface area contributed by atoms with Gasteiger partial charge in [0.05, 0.1) is 0 Å². The minimum absolute atomic E-state index is 1.13. The molecule has 2 aliphatic rings. The predicted molar refractivity (Wildman–Crippen MR) is 66.8 cm³/mol. The molecule has 1 fully saturated rings. The van der Waals surface area contributed by atoms with Crippen LogP contribution in [0.2, 0.25) is 0 Å². The maximum atomic E-state index is 2.42. The Morgan fingerprint density at radius 1 is 1.20 bits per heavy atom. The molecule has 0 radical (unpaired) electrons. The van der Waals surface area contributed by atoms with Crippen LogP contribution in [0.1, 0.15) is 45.4 Å². The fourth-order valence-corrected chi connectivity index (χ4v) is 2.50. The summed E-state index contributed by atoms with van der Waals surface area (Å²) in [6.07, 6.45) is 18.9. The van der Waals surface area contributed by atoms with Gasteiger partial charge in [-0.25, -0.2) is 0 Å². The molecule has 2 aliphatic carbocycles. The van der Waals surface area contributed by atoms with Crippen molar-refractivity contribution in [1.29, 1.82) is 0 Å². The van der Waals surface area contributed by atoms with Crippen molar-refractivity contribution in [1.82, 2.24) is 0 Å². The Balaban J connectivity index is 2.27. The molecular formula is C15H20. The molecule has 2 rings (SSSR count). The molecule has 15 heavy (non-hydrogen) atoms. The fraction of sp³-hybridized carbons (Fsp3) is 0.467. The molecule has 0 aromatic rings. The van der Waals surface area contributed by atoms with Crippen LogP contribution in [0.25, 0.3) is 0 Å². The third-order valence-corrected chi connectivity index (χ3v) is 3.23. The van der Waals surface area contributed by atoms with Crippen LogP contribution in [0.4, 0.5) is 0 Å². The molecule has 0 amide bonds. The third kappa shape index (κ3) is 2.50. The number of hydrogen-bond acceptors (Lipinski definition) is 0. The van der Waals surface area contributed by atoms with E-state index in [4.69, 9.17) is 0 Å². The standard InChI is InChI=1S/C15H20/c1-2-8-13-11-6-7-12-15(13)14-9-4-3-5-10-14/h3-5,8-9H,2,6-7,10-12H2,1H3. The largest absolute Gasteiger partial charge is 0.0813 e. The van der Waals surface area contributed by atoms with Crippen molar-refractivity contribution in [2.24, 2.45) is 0 Å². The summed E-state index contributed by atoms with van der Waals surface area (Å²) in [5.41, 5.74) is 4.82. The second-order valence-electron chi connectivity index (χ2n) is 4.34. The normalized spacial score (nSPS) is 28.7. The first kappa shape index (κ1) is 10.5. The molecule has 0 aromatic carbocycles. The van der Waals surface area contributed by atoms with Gasteiger partial charge in [0.2, 0.25) is 0 Å². The maximum Gasteiger partial charge on any atom is -0.00915 e. The lowest BCUT2D eigenvalue weighted by molar-refractivity contribution is 0.671. The minimum atomic E-state index is 1.13. The summed E-state index contributed by atoms with van der Waals surface area (Å²) in [5.74, 6) is 0. The lowest BCUT2D eigenvalue weighted by atomic mass is 9.84. The highest BCUT2D eigenvalue weighted by Crippen LogP contribution is 2.33. The van der Waals surface area contributed by atoms with E-state index in [1.54, 1.807) is 16.7 Å². The van der Waals surface area contributed by atoms with Crippen LogP contribution >= 0.6 is 0 Å². The summed E-state index contributed by atoms with van der Waals surface area (Å²) in [4.78, 5) is 0.